The molecule has 1 atom stereocenters. The number of allylic oxidation sites excluding steroid dienone is 3. The summed E-state index contributed by atoms with van der Waals surface area (Å²) in [6.45, 7) is 12.3. The number of hydrogen-bond donors (Lipinski definition) is 0. The predicted octanol–water partition coefficient (Wildman–Crippen LogP) is 6.38. The van der Waals surface area contributed by atoms with E-state index in [0.29, 0.717) is 45.8 Å². The molecule has 0 N–H and O–H groups in total. The third-order valence-corrected chi connectivity index (χ3v) is 8.12. The lowest BCUT2D eigenvalue weighted by Gasteiger charge is -2.29. The molecular formula is C40H43O8+. The van der Waals surface area contributed by atoms with E-state index in [1.54, 1.807) is 52.7 Å². The fourth-order valence-electron chi connectivity index (χ4n) is 5.33. The van der Waals surface area contributed by atoms with E-state index in [1.807, 2.05) is 90.1 Å². The van der Waals surface area contributed by atoms with E-state index < -0.39 is 0 Å². The van der Waals surface area contributed by atoms with Gasteiger partial charge in [-0.15, -0.1) is 0 Å². The van der Waals surface area contributed by atoms with E-state index in [4.69, 9.17) is 28.1 Å². The van der Waals surface area contributed by atoms with Crippen LogP contribution < -0.4 is 40.2 Å². The predicted molar refractivity (Wildman–Crippen MR) is 189 cm³/mol. The summed E-state index contributed by atoms with van der Waals surface area (Å²) in [6, 6.07) is 14.7. The molecule has 0 amide bonds. The Morgan fingerprint density at radius 1 is 0.646 bits per heavy atom. The van der Waals surface area contributed by atoms with Gasteiger partial charge in [-0.05, 0) is 68.8 Å². The Morgan fingerprint density at radius 3 is 1.65 bits per heavy atom. The van der Waals surface area contributed by atoms with Gasteiger partial charge < -0.3 is 23.7 Å². The lowest BCUT2D eigenvalue weighted by atomic mass is 9.88. The van der Waals surface area contributed by atoms with Crippen LogP contribution in [0.5, 0.6) is 23.0 Å². The zero-order valence-corrected chi connectivity index (χ0v) is 29.3. The summed E-state index contributed by atoms with van der Waals surface area (Å²) in [5.74, 6) is 4.65. The molecule has 1 aromatic heterocycles. The molecule has 250 valence electrons. The molecule has 1 unspecified atom stereocenters. The van der Waals surface area contributed by atoms with Crippen molar-refractivity contribution in [2.45, 2.75) is 47.0 Å². The van der Waals surface area contributed by atoms with Crippen LogP contribution in [-0.2, 0) is 10.2 Å². The second-order valence-corrected chi connectivity index (χ2v) is 13.9. The van der Waals surface area contributed by atoms with Crippen LogP contribution in [-0.4, -0.2) is 28.4 Å². The van der Waals surface area contributed by atoms with Gasteiger partial charge in [-0.25, -0.2) is 4.42 Å². The molecule has 0 saturated heterocycles. The minimum atomic E-state index is -0.359. The summed E-state index contributed by atoms with van der Waals surface area (Å²) in [4.78, 5) is 27.1. The summed E-state index contributed by atoms with van der Waals surface area (Å²) in [5, 5.41) is 0.265. The van der Waals surface area contributed by atoms with Gasteiger partial charge in [0.1, 0.15) is 34.5 Å². The number of benzene rings is 2. The first-order chi connectivity index (χ1) is 22.6. The van der Waals surface area contributed by atoms with E-state index in [2.05, 4.69) is 0 Å². The first-order valence-corrected chi connectivity index (χ1v) is 15.7. The van der Waals surface area contributed by atoms with E-state index in [9.17, 15) is 9.59 Å². The molecule has 2 heterocycles. The topological polar surface area (TPSA) is 91.6 Å². The maximum absolute atomic E-state index is 13.5. The molecule has 0 radical (unpaired) electrons. The van der Waals surface area contributed by atoms with Crippen LogP contribution in [0.25, 0.3) is 29.2 Å². The van der Waals surface area contributed by atoms with Crippen molar-refractivity contribution >= 4 is 17.9 Å². The minimum absolute atomic E-state index is 0.121. The van der Waals surface area contributed by atoms with Gasteiger partial charge in [0.25, 0.3) is 0 Å². The molecule has 3 aromatic carbocycles. The minimum Gasteiger partial charge on any atom is -0.497 e. The van der Waals surface area contributed by atoms with Crippen molar-refractivity contribution < 1.29 is 28.1 Å². The summed E-state index contributed by atoms with van der Waals surface area (Å²) >= 11 is 0. The number of ether oxygens (including phenoxy) is 5. The van der Waals surface area contributed by atoms with Crippen molar-refractivity contribution in [1.82, 2.24) is 0 Å². The van der Waals surface area contributed by atoms with Crippen molar-refractivity contribution in [3.05, 3.63) is 114 Å². The van der Waals surface area contributed by atoms with E-state index in [1.165, 1.54) is 0 Å². The quantitative estimate of drug-likeness (QED) is 0.203. The highest BCUT2D eigenvalue weighted by molar-refractivity contribution is 5.68. The van der Waals surface area contributed by atoms with Crippen LogP contribution in [0.4, 0.5) is 0 Å². The standard InChI is InChI=1S/C40H43O8/c1-39(2,3)35-15-23(13-33(47-35)25-17-27(43-7)21-28(18-25)44-8)11-31-37(41)32(38(31)42)12-24-14-34(48-36(16-24)40(4,5)6)26-19-29(45-9)22-30(20-26)46-10/h11-23H,1-10H3/q+1. The van der Waals surface area contributed by atoms with Gasteiger partial charge in [0.05, 0.1) is 55.9 Å². The van der Waals surface area contributed by atoms with Crippen LogP contribution in [0.1, 0.15) is 58.4 Å². The largest absolute Gasteiger partial charge is 0.497 e. The Hall–Kier alpha value is -5.11. The second-order valence-electron chi connectivity index (χ2n) is 13.9. The van der Waals surface area contributed by atoms with E-state index in [-0.39, 0.29) is 38.0 Å². The highest BCUT2D eigenvalue weighted by Gasteiger charge is 2.30. The molecule has 1 aliphatic heterocycles. The molecule has 8 nitrogen and oxygen atoms in total. The molecule has 1 aliphatic rings. The molecule has 0 saturated carbocycles. The third-order valence-electron chi connectivity index (χ3n) is 8.12. The summed E-state index contributed by atoms with van der Waals surface area (Å²) in [7, 11) is 6.35. The first kappa shape index (κ1) is 34.2. The summed E-state index contributed by atoms with van der Waals surface area (Å²) < 4.78 is 34.5. The van der Waals surface area contributed by atoms with Crippen molar-refractivity contribution in [3.8, 4) is 34.3 Å². The molecule has 0 fully saturated rings. The molecule has 4 aromatic rings. The van der Waals surface area contributed by atoms with Crippen molar-refractivity contribution in [2.75, 3.05) is 28.4 Å². The number of rotatable bonds is 8. The van der Waals surface area contributed by atoms with Crippen LogP contribution in [0.2, 0.25) is 0 Å². The maximum atomic E-state index is 13.5. The highest BCUT2D eigenvalue weighted by atomic mass is 16.5. The van der Waals surface area contributed by atoms with E-state index in [0.717, 1.165) is 16.9 Å². The van der Waals surface area contributed by atoms with Crippen LogP contribution in [0, 0.1) is 11.3 Å². The molecule has 5 rings (SSSR count). The third kappa shape index (κ3) is 7.23. The fourth-order valence-corrected chi connectivity index (χ4v) is 5.33. The van der Waals surface area contributed by atoms with Gasteiger partial charge in [-0.3, -0.25) is 9.59 Å². The Morgan fingerprint density at radius 2 is 1.17 bits per heavy atom. The Kier molecular flexibility index (Phi) is 9.40. The van der Waals surface area contributed by atoms with Crippen LogP contribution >= 0.6 is 0 Å². The van der Waals surface area contributed by atoms with Gasteiger partial charge in [-0.1, -0.05) is 26.8 Å². The zero-order valence-electron chi connectivity index (χ0n) is 29.3. The normalized spacial score (nSPS) is 14.8. The van der Waals surface area contributed by atoms with Crippen molar-refractivity contribution in [2.24, 2.45) is 11.3 Å². The SMILES string of the molecule is COc1cc(OC)cc(C2=CC(C=c3c(=O)c(=Cc4cc(-c5cc(OC)cc(OC)c5)[o+]c(C(C)(C)C)c4)c3=O)C=C(C(C)(C)C)O2)c1. The monoisotopic (exact) mass is 651 g/mol. The molecular weight excluding hydrogens is 608 g/mol. The molecule has 0 aliphatic carbocycles. The van der Waals surface area contributed by atoms with Gasteiger partial charge in [-0.2, -0.15) is 0 Å². The summed E-state index contributed by atoms with van der Waals surface area (Å²) in [5.41, 5.74) is 0.878. The second kappa shape index (κ2) is 13.2. The van der Waals surface area contributed by atoms with Crippen molar-refractivity contribution in [3.63, 3.8) is 0 Å². The first-order valence-electron chi connectivity index (χ1n) is 15.7. The Bertz CT molecular complexity index is 2040. The molecule has 0 bridgehead atoms. The average Bonchev–Trinajstić information content (AvgIpc) is 3.07. The van der Waals surface area contributed by atoms with Crippen LogP contribution in [0.15, 0.2) is 80.4 Å². The lowest BCUT2D eigenvalue weighted by Crippen LogP contribution is -2.64. The van der Waals surface area contributed by atoms with Gasteiger partial charge in [0.2, 0.25) is 10.9 Å². The average molecular weight is 652 g/mol. The van der Waals surface area contributed by atoms with E-state index >= 15 is 0 Å². The summed E-state index contributed by atoms with van der Waals surface area (Å²) in [6.07, 6.45) is 7.18. The van der Waals surface area contributed by atoms with Gasteiger partial charge in [0, 0.05) is 35.1 Å². The fraction of sp³-hybridized carbons (Fsp3) is 0.325. The Balaban J connectivity index is 1.61. The number of methoxy groups -OCH3 is 4. The maximum Gasteiger partial charge on any atom is 0.361 e. The smallest absolute Gasteiger partial charge is 0.361 e. The Labute approximate surface area is 280 Å². The molecule has 0 spiro atoms. The molecule has 48 heavy (non-hydrogen) atoms. The van der Waals surface area contributed by atoms with Crippen LogP contribution in [0.3, 0.4) is 0 Å². The lowest BCUT2D eigenvalue weighted by molar-refractivity contribution is 0.257. The highest BCUT2D eigenvalue weighted by Crippen LogP contribution is 2.39. The van der Waals surface area contributed by atoms with Crippen molar-refractivity contribution in [1.29, 1.82) is 0 Å². The van der Waals surface area contributed by atoms with Gasteiger partial charge >= 0.3 is 11.5 Å². The number of hydrogen-bond acceptors (Lipinski definition) is 7. The zero-order chi connectivity index (χ0) is 35.0. The van der Waals surface area contributed by atoms with Gasteiger partial charge in [0.15, 0.2) is 0 Å². The molecule has 8 heteroatoms.